The van der Waals surface area contributed by atoms with Crippen molar-refractivity contribution in [2.75, 3.05) is 26.2 Å². The number of nitrogens with zero attached hydrogens (tertiary/aromatic N) is 4. The Kier molecular flexibility index (Phi) is 9.15. The molecule has 1 aromatic carbocycles. The molecule has 0 saturated heterocycles. The number of aromatic nitrogens is 3. The van der Waals surface area contributed by atoms with Crippen LogP contribution < -0.4 is 15.4 Å². The van der Waals surface area contributed by atoms with Crippen molar-refractivity contribution in [1.29, 1.82) is 0 Å². The fraction of sp³-hybridized carbons (Fsp3) is 0.609. The minimum Gasteiger partial charge on any atom is -0.493 e. The lowest BCUT2D eigenvalue weighted by molar-refractivity contribution is 0.271. The molecule has 7 nitrogen and oxygen atoms in total. The van der Waals surface area contributed by atoms with Gasteiger partial charge in [0.05, 0.1) is 13.2 Å². The summed E-state index contributed by atoms with van der Waals surface area (Å²) in [5.74, 6) is 3.27. The molecule has 0 aliphatic rings. The Bertz CT molecular complexity index is 779. The Labute approximate surface area is 181 Å². The molecule has 30 heavy (non-hydrogen) atoms. The van der Waals surface area contributed by atoms with Crippen LogP contribution in [0.15, 0.2) is 35.6 Å². The van der Waals surface area contributed by atoms with E-state index in [1.165, 1.54) is 5.56 Å². The summed E-state index contributed by atoms with van der Waals surface area (Å²) in [5, 5.41) is 14.9. The third kappa shape index (κ3) is 7.35. The summed E-state index contributed by atoms with van der Waals surface area (Å²) in [7, 11) is 0. The lowest BCUT2D eigenvalue weighted by Gasteiger charge is -2.24. The Hall–Kier alpha value is -2.57. The highest BCUT2D eigenvalue weighted by Gasteiger charge is 2.20. The van der Waals surface area contributed by atoms with E-state index in [9.17, 15) is 0 Å². The van der Waals surface area contributed by atoms with Crippen LogP contribution in [0.4, 0.5) is 0 Å². The normalized spacial score (nSPS) is 12.3. The number of aliphatic imine (C=N–C) groups is 1. The highest BCUT2D eigenvalue weighted by molar-refractivity contribution is 5.79. The third-order valence-corrected chi connectivity index (χ3v) is 4.85. The largest absolute Gasteiger partial charge is 0.493 e. The van der Waals surface area contributed by atoms with Crippen molar-refractivity contribution in [3.8, 4) is 5.75 Å². The van der Waals surface area contributed by atoms with Crippen LogP contribution in [0.1, 0.15) is 52.9 Å². The second-order valence-electron chi connectivity index (χ2n) is 8.53. The van der Waals surface area contributed by atoms with E-state index < -0.39 is 0 Å². The van der Waals surface area contributed by atoms with E-state index in [1.54, 1.807) is 6.33 Å². The summed E-state index contributed by atoms with van der Waals surface area (Å²) in [6, 6.07) is 8.39. The molecule has 166 valence electrons. The van der Waals surface area contributed by atoms with Gasteiger partial charge in [-0.2, -0.15) is 0 Å². The van der Waals surface area contributed by atoms with E-state index in [0.29, 0.717) is 12.5 Å². The molecule has 0 unspecified atom stereocenters. The Morgan fingerprint density at radius 3 is 2.53 bits per heavy atom. The lowest BCUT2D eigenvalue weighted by Crippen LogP contribution is -2.40. The van der Waals surface area contributed by atoms with Crippen molar-refractivity contribution >= 4 is 5.96 Å². The van der Waals surface area contributed by atoms with Crippen LogP contribution in [0.3, 0.4) is 0 Å². The standard InChI is InChI=1S/C23H38N6O/c1-7-21-28-27-17-29(21)14-13-25-22(24-8-2)26-16-23(5,6)19-9-11-20(12-10-19)30-15-18(3)4/h9-12,17-18H,7-8,13-16H2,1-6H3,(H2,24,25,26). The maximum Gasteiger partial charge on any atom is 0.191 e. The van der Waals surface area contributed by atoms with Gasteiger partial charge in [0.2, 0.25) is 0 Å². The minimum atomic E-state index is -0.0808. The van der Waals surface area contributed by atoms with Gasteiger partial charge in [0.1, 0.15) is 17.9 Å². The number of aryl methyl sites for hydroxylation is 1. The van der Waals surface area contributed by atoms with Gasteiger partial charge in [-0.15, -0.1) is 10.2 Å². The van der Waals surface area contributed by atoms with E-state index in [1.807, 2.05) is 0 Å². The number of hydrogen-bond acceptors (Lipinski definition) is 4. The van der Waals surface area contributed by atoms with Crippen LogP contribution in [0.2, 0.25) is 0 Å². The van der Waals surface area contributed by atoms with Gasteiger partial charge in [-0.3, -0.25) is 4.99 Å². The molecule has 0 fully saturated rings. The molecule has 1 heterocycles. The van der Waals surface area contributed by atoms with Gasteiger partial charge < -0.3 is 19.9 Å². The maximum absolute atomic E-state index is 5.80. The summed E-state index contributed by atoms with van der Waals surface area (Å²) in [6.45, 7) is 16.7. The molecule has 0 amide bonds. The molecule has 0 aliphatic heterocycles. The molecular weight excluding hydrogens is 376 g/mol. The van der Waals surface area contributed by atoms with Gasteiger partial charge in [0.15, 0.2) is 5.96 Å². The second-order valence-corrected chi connectivity index (χ2v) is 8.53. The fourth-order valence-electron chi connectivity index (χ4n) is 3.01. The highest BCUT2D eigenvalue weighted by atomic mass is 16.5. The number of nitrogens with one attached hydrogen (secondary N) is 2. The first-order valence-electron chi connectivity index (χ1n) is 11.0. The van der Waals surface area contributed by atoms with Crippen LogP contribution in [-0.4, -0.2) is 47.0 Å². The molecule has 0 atom stereocenters. The number of ether oxygens (including phenoxy) is 1. The smallest absolute Gasteiger partial charge is 0.191 e. The summed E-state index contributed by atoms with van der Waals surface area (Å²) >= 11 is 0. The van der Waals surface area contributed by atoms with E-state index in [0.717, 1.165) is 50.2 Å². The molecule has 2 aromatic rings. The molecule has 2 N–H and O–H groups in total. The Balaban J connectivity index is 1.94. The van der Waals surface area contributed by atoms with Gasteiger partial charge >= 0.3 is 0 Å². The zero-order chi connectivity index (χ0) is 22.0. The number of benzene rings is 1. The zero-order valence-electron chi connectivity index (χ0n) is 19.4. The maximum atomic E-state index is 5.80. The summed E-state index contributed by atoms with van der Waals surface area (Å²) in [5.41, 5.74) is 1.17. The first-order chi connectivity index (χ1) is 14.4. The quantitative estimate of drug-likeness (QED) is 0.435. The molecule has 0 aliphatic carbocycles. The van der Waals surface area contributed by atoms with Crippen LogP contribution in [0, 0.1) is 5.92 Å². The van der Waals surface area contributed by atoms with Crippen molar-refractivity contribution in [2.45, 2.75) is 59.9 Å². The minimum absolute atomic E-state index is 0.0808. The molecule has 1 aromatic heterocycles. The summed E-state index contributed by atoms with van der Waals surface area (Å²) in [4.78, 5) is 4.83. The van der Waals surface area contributed by atoms with Crippen molar-refractivity contribution in [3.63, 3.8) is 0 Å². The molecule has 2 rings (SSSR count). The van der Waals surface area contributed by atoms with Gasteiger partial charge in [0, 0.05) is 31.5 Å². The van der Waals surface area contributed by atoms with E-state index in [2.05, 4.69) is 91.2 Å². The topological polar surface area (TPSA) is 76.4 Å². The summed E-state index contributed by atoms with van der Waals surface area (Å²) < 4.78 is 7.87. The van der Waals surface area contributed by atoms with Crippen molar-refractivity contribution in [3.05, 3.63) is 42.0 Å². The first kappa shape index (κ1) is 23.7. The summed E-state index contributed by atoms with van der Waals surface area (Å²) in [6.07, 6.45) is 2.66. The van der Waals surface area contributed by atoms with Crippen LogP contribution in [-0.2, 0) is 18.4 Å². The third-order valence-electron chi connectivity index (χ3n) is 4.85. The second kappa shape index (κ2) is 11.6. The van der Waals surface area contributed by atoms with Crippen molar-refractivity contribution in [1.82, 2.24) is 25.4 Å². The molecule has 0 spiro atoms. The monoisotopic (exact) mass is 414 g/mol. The average molecular weight is 415 g/mol. The van der Waals surface area contributed by atoms with Gasteiger partial charge in [-0.05, 0) is 30.5 Å². The first-order valence-corrected chi connectivity index (χ1v) is 11.0. The van der Waals surface area contributed by atoms with Crippen molar-refractivity contribution < 1.29 is 4.74 Å². The highest BCUT2D eigenvalue weighted by Crippen LogP contribution is 2.25. The van der Waals surface area contributed by atoms with E-state index >= 15 is 0 Å². The Morgan fingerprint density at radius 2 is 1.90 bits per heavy atom. The van der Waals surface area contributed by atoms with Crippen molar-refractivity contribution in [2.24, 2.45) is 10.9 Å². The Morgan fingerprint density at radius 1 is 1.17 bits per heavy atom. The average Bonchev–Trinajstić information content (AvgIpc) is 3.18. The van der Waals surface area contributed by atoms with Gasteiger partial charge in [0.25, 0.3) is 0 Å². The number of rotatable bonds is 11. The lowest BCUT2D eigenvalue weighted by atomic mass is 9.85. The van der Waals surface area contributed by atoms with Gasteiger partial charge in [-0.1, -0.05) is 46.8 Å². The number of guanidine groups is 1. The van der Waals surface area contributed by atoms with E-state index in [-0.39, 0.29) is 5.41 Å². The SMILES string of the molecule is CCNC(=NCC(C)(C)c1ccc(OCC(C)C)cc1)NCCn1cnnc1CC. The van der Waals surface area contributed by atoms with Crippen LogP contribution in [0.5, 0.6) is 5.75 Å². The molecule has 0 bridgehead atoms. The predicted octanol–water partition coefficient (Wildman–Crippen LogP) is 3.41. The van der Waals surface area contributed by atoms with Crippen LogP contribution >= 0.6 is 0 Å². The molecule has 0 radical (unpaired) electrons. The fourth-order valence-corrected chi connectivity index (χ4v) is 3.01. The van der Waals surface area contributed by atoms with Gasteiger partial charge in [-0.25, -0.2) is 0 Å². The molecular formula is C23H38N6O. The number of hydrogen-bond donors (Lipinski definition) is 2. The van der Waals surface area contributed by atoms with E-state index in [4.69, 9.17) is 9.73 Å². The predicted molar refractivity (Wildman–Crippen MR) is 123 cm³/mol. The molecule has 0 saturated carbocycles. The van der Waals surface area contributed by atoms with Crippen LogP contribution in [0.25, 0.3) is 0 Å². The molecule has 7 heteroatoms. The zero-order valence-corrected chi connectivity index (χ0v) is 19.4.